The van der Waals surface area contributed by atoms with Gasteiger partial charge < -0.3 is 50.4 Å². The largest absolute Gasteiger partial charge is 0.479 e. The number of rotatable bonds is 14. The fourth-order valence-corrected chi connectivity index (χ4v) is 3.70. The Balaban J connectivity index is 0.000000868. The molecule has 0 saturated heterocycles. The number of carbonyl (C=O) groups is 4. The number of dihydropyridines is 1. The zero-order chi connectivity index (χ0) is 34.6. The maximum atomic E-state index is 14.9. The first kappa shape index (κ1) is 38.9. The van der Waals surface area contributed by atoms with Crippen LogP contribution >= 0.6 is 0 Å². The van der Waals surface area contributed by atoms with Gasteiger partial charge in [0.05, 0.1) is 62.9 Å². The third-order valence-corrected chi connectivity index (χ3v) is 5.70. The Morgan fingerprint density at radius 3 is 1.78 bits per heavy atom. The Morgan fingerprint density at radius 1 is 0.844 bits per heavy atom. The maximum Gasteiger partial charge on any atom is 0.340 e. The zero-order valence-corrected chi connectivity index (χ0v) is 24.0. The molecule has 45 heavy (non-hydrogen) atoms. The van der Waals surface area contributed by atoms with Gasteiger partial charge in [0, 0.05) is 17.8 Å². The second-order valence-corrected chi connectivity index (χ2v) is 8.68. The van der Waals surface area contributed by atoms with Crippen molar-refractivity contribution in [1.29, 1.82) is 0 Å². The summed E-state index contributed by atoms with van der Waals surface area (Å²) < 4.78 is 91.9. The van der Waals surface area contributed by atoms with Crippen LogP contribution in [-0.2, 0) is 38.1 Å². The van der Waals surface area contributed by atoms with E-state index in [1.165, 1.54) is 13.8 Å². The lowest BCUT2D eigenvalue weighted by Gasteiger charge is -2.31. The van der Waals surface area contributed by atoms with Crippen LogP contribution in [0, 0.1) is 29.1 Å². The number of allylic oxidation sites excluding steroid dienone is 1. The number of hydrogen-bond donors (Lipinski definition) is 6. The lowest BCUT2D eigenvalue weighted by Crippen LogP contribution is -2.43. The summed E-state index contributed by atoms with van der Waals surface area (Å²) in [7, 11) is 0.944. The summed E-state index contributed by atoms with van der Waals surface area (Å²) in [6, 6.07) is -1.19. The monoisotopic (exact) mass is 658 g/mol. The molecule has 1 heterocycles. The Bertz CT molecular complexity index is 1290. The van der Waals surface area contributed by atoms with Crippen molar-refractivity contribution in [2.75, 3.05) is 46.7 Å². The number of aliphatic carboxylic acids is 2. The van der Waals surface area contributed by atoms with Crippen molar-refractivity contribution in [3.8, 4) is 0 Å². The van der Waals surface area contributed by atoms with Crippen LogP contribution in [0.5, 0.6) is 0 Å². The minimum Gasteiger partial charge on any atom is -0.479 e. The first-order valence-electron chi connectivity index (χ1n) is 12.7. The van der Waals surface area contributed by atoms with Gasteiger partial charge in [-0.1, -0.05) is 0 Å². The number of carbonyl (C=O) groups excluding carboxylic acids is 2. The van der Waals surface area contributed by atoms with Gasteiger partial charge in [0.1, 0.15) is 0 Å². The minimum atomic E-state index is -2.39. The summed E-state index contributed by atoms with van der Waals surface area (Å²) in [6.45, 7) is 2.97. The fraction of sp³-hybridized carbons (Fsp3) is 0.462. The Hall–Kier alpha value is -4.17. The zero-order valence-electron chi connectivity index (χ0n) is 24.0. The van der Waals surface area contributed by atoms with Gasteiger partial charge in [0.2, 0.25) is 5.82 Å². The molecule has 3 unspecified atom stereocenters. The molecule has 1 aromatic rings. The van der Waals surface area contributed by atoms with Crippen molar-refractivity contribution in [2.45, 2.75) is 32.1 Å². The average Bonchev–Trinajstić information content (AvgIpc) is 2.99. The van der Waals surface area contributed by atoms with Crippen LogP contribution in [0.1, 0.15) is 19.4 Å². The second-order valence-electron chi connectivity index (χ2n) is 8.68. The number of carboxylic acids is 2. The highest BCUT2D eigenvalue weighted by molar-refractivity contribution is 6.14. The van der Waals surface area contributed by atoms with E-state index in [-0.39, 0.29) is 45.3 Å². The molecule has 0 amide bonds. The molecule has 14 nitrogen and oxygen atoms in total. The topological polar surface area (TPSA) is 224 Å². The van der Waals surface area contributed by atoms with Gasteiger partial charge >= 0.3 is 23.9 Å². The molecule has 0 spiro atoms. The maximum absolute atomic E-state index is 14.9. The SMILES string of the molecule is CCOC(=O)C1=C(C)NC(COCCOCCN)C(C(=O)OC)=C1c1c(F)c(F)c(F)c(F)c1F.O=C(O)C(O)C(O)C(=O)O. The van der Waals surface area contributed by atoms with E-state index >= 15 is 0 Å². The van der Waals surface area contributed by atoms with Crippen LogP contribution < -0.4 is 11.1 Å². The molecule has 0 aromatic heterocycles. The summed E-state index contributed by atoms with van der Waals surface area (Å²) in [5.41, 5.74) is 1.75. The number of methoxy groups -OCH3 is 1. The number of nitrogens with two attached hydrogens (primary N) is 1. The van der Waals surface area contributed by atoms with Gasteiger partial charge in [-0.3, -0.25) is 0 Å². The summed E-state index contributed by atoms with van der Waals surface area (Å²) in [5, 5.41) is 35.3. The van der Waals surface area contributed by atoms with Crippen molar-refractivity contribution < 1.29 is 80.5 Å². The number of nitrogens with one attached hydrogen (secondary N) is 1. The van der Waals surface area contributed by atoms with Gasteiger partial charge in [-0.2, -0.15) is 0 Å². The molecule has 2 rings (SSSR count). The van der Waals surface area contributed by atoms with Gasteiger partial charge in [0.25, 0.3) is 0 Å². The smallest absolute Gasteiger partial charge is 0.340 e. The summed E-state index contributed by atoms with van der Waals surface area (Å²) in [4.78, 5) is 45.0. The van der Waals surface area contributed by atoms with Gasteiger partial charge in [-0.15, -0.1) is 0 Å². The number of hydrogen-bond acceptors (Lipinski definition) is 12. The van der Waals surface area contributed by atoms with Crippen molar-refractivity contribution >= 4 is 29.5 Å². The van der Waals surface area contributed by atoms with Crippen molar-refractivity contribution in [1.82, 2.24) is 5.32 Å². The van der Waals surface area contributed by atoms with E-state index in [9.17, 15) is 41.1 Å². The van der Waals surface area contributed by atoms with E-state index in [1.54, 1.807) is 0 Å². The molecule has 1 aliphatic heterocycles. The van der Waals surface area contributed by atoms with Crippen LogP contribution in [0.2, 0.25) is 0 Å². The third kappa shape index (κ3) is 9.66. The lowest BCUT2D eigenvalue weighted by atomic mass is 9.84. The molecule has 252 valence electrons. The highest BCUT2D eigenvalue weighted by Crippen LogP contribution is 2.39. The Labute approximate surface area is 251 Å². The molecule has 0 fully saturated rings. The van der Waals surface area contributed by atoms with Gasteiger partial charge in [-0.25, -0.2) is 41.1 Å². The number of ether oxygens (including phenoxy) is 4. The van der Waals surface area contributed by atoms with E-state index in [1.807, 2.05) is 0 Å². The first-order valence-corrected chi connectivity index (χ1v) is 12.7. The van der Waals surface area contributed by atoms with Crippen LogP contribution in [0.4, 0.5) is 22.0 Å². The number of esters is 2. The van der Waals surface area contributed by atoms with Crippen molar-refractivity contribution in [2.24, 2.45) is 5.73 Å². The molecule has 7 N–H and O–H groups in total. The highest BCUT2D eigenvalue weighted by atomic mass is 19.2. The Kier molecular flexibility index (Phi) is 15.5. The molecule has 3 atom stereocenters. The standard InChI is InChI=1S/C22H25F5N2O6.C4H6O6/c1-4-35-22(31)12-10(2)29-11(9-34-8-7-33-6-5-28)13(21(30)32-3)14(12)15-16(23)18(25)20(27)19(26)17(15)24;5-1(3(7)8)2(6)4(9)10/h11,29H,4-9,28H2,1-3H3;1-2,5-6H,(H,7,8)(H,9,10). The number of aliphatic hydroxyl groups is 2. The van der Waals surface area contributed by atoms with E-state index in [4.69, 9.17) is 45.1 Å². The number of halogens is 5. The number of carboxylic acid groups (broad SMARTS) is 2. The molecule has 1 aliphatic rings. The van der Waals surface area contributed by atoms with Gasteiger partial charge in [-0.05, 0) is 13.8 Å². The summed E-state index contributed by atoms with van der Waals surface area (Å²) >= 11 is 0. The Morgan fingerprint density at radius 2 is 1.33 bits per heavy atom. The molecule has 19 heteroatoms. The average molecular weight is 659 g/mol. The van der Waals surface area contributed by atoms with Crippen LogP contribution in [-0.4, -0.2) is 109 Å². The second kappa shape index (κ2) is 18.0. The molecule has 0 saturated carbocycles. The quantitative estimate of drug-likeness (QED) is 0.0509. The van der Waals surface area contributed by atoms with E-state index < -0.39 is 93.5 Å². The van der Waals surface area contributed by atoms with Crippen LogP contribution in [0.25, 0.3) is 5.57 Å². The molecule has 0 radical (unpaired) electrons. The van der Waals surface area contributed by atoms with E-state index in [2.05, 4.69) is 5.32 Å². The number of aliphatic hydroxyl groups excluding tert-OH is 2. The molecular formula is C26H31F5N2O12. The summed E-state index contributed by atoms with van der Waals surface area (Å²) in [5.74, 6) is -17.3. The highest BCUT2D eigenvalue weighted by Gasteiger charge is 2.41. The lowest BCUT2D eigenvalue weighted by molar-refractivity contribution is -0.165. The van der Waals surface area contributed by atoms with E-state index in [0.717, 1.165) is 7.11 Å². The fourth-order valence-electron chi connectivity index (χ4n) is 3.70. The molecule has 0 aliphatic carbocycles. The molecule has 0 bridgehead atoms. The van der Waals surface area contributed by atoms with Crippen LogP contribution in [0.3, 0.4) is 0 Å². The third-order valence-electron chi connectivity index (χ3n) is 5.70. The normalized spacial score (nSPS) is 15.8. The predicted octanol–water partition coefficient (Wildman–Crippen LogP) is -0.0131. The van der Waals surface area contributed by atoms with Gasteiger partial charge in [0.15, 0.2) is 35.5 Å². The minimum absolute atomic E-state index is 0.0258. The summed E-state index contributed by atoms with van der Waals surface area (Å²) in [6.07, 6.45) is -4.53. The van der Waals surface area contributed by atoms with Crippen molar-refractivity contribution in [3.05, 3.63) is 51.5 Å². The van der Waals surface area contributed by atoms with Crippen molar-refractivity contribution in [3.63, 3.8) is 0 Å². The molecular weight excluding hydrogens is 627 g/mol. The first-order chi connectivity index (χ1) is 21.1. The van der Waals surface area contributed by atoms with Crippen LogP contribution in [0.15, 0.2) is 16.8 Å². The van der Waals surface area contributed by atoms with E-state index in [0.29, 0.717) is 0 Å². The molecule has 1 aromatic carbocycles. The number of benzene rings is 1. The predicted molar refractivity (Wildman–Crippen MR) is 139 cm³/mol.